The first-order valence-electron chi connectivity index (χ1n) is 5.68. The molecule has 1 amide bonds. The molecule has 0 bridgehead atoms. The molecule has 1 saturated heterocycles. The summed E-state index contributed by atoms with van der Waals surface area (Å²) in [7, 11) is 0. The predicted molar refractivity (Wildman–Crippen MR) is 70.1 cm³/mol. The minimum atomic E-state index is -0.522. The lowest BCUT2D eigenvalue weighted by Gasteiger charge is -2.30. The number of morpholine rings is 1. The monoisotopic (exact) mass is 308 g/mol. The van der Waals surface area contributed by atoms with Gasteiger partial charge in [-0.3, -0.25) is 4.79 Å². The topological polar surface area (TPSA) is 53.3 Å². The van der Waals surface area contributed by atoms with Crippen LogP contribution in [0.2, 0.25) is 0 Å². The van der Waals surface area contributed by atoms with E-state index in [-0.39, 0.29) is 5.91 Å². The van der Waals surface area contributed by atoms with Gasteiger partial charge in [0.05, 0.1) is 24.8 Å². The number of benzene rings is 1. The van der Waals surface area contributed by atoms with Crippen molar-refractivity contribution in [2.45, 2.75) is 13.0 Å². The van der Waals surface area contributed by atoms with E-state index in [0.29, 0.717) is 25.3 Å². The van der Waals surface area contributed by atoms with E-state index in [4.69, 9.17) is 10.00 Å². The van der Waals surface area contributed by atoms with Gasteiger partial charge < -0.3 is 9.64 Å². The SMILES string of the molecule is Cc1ccc(Br)c(C(=O)N2CCOC(C#N)C2)c1. The van der Waals surface area contributed by atoms with E-state index < -0.39 is 6.10 Å². The number of hydrogen-bond acceptors (Lipinski definition) is 3. The maximum Gasteiger partial charge on any atom is 0.255 e. The summed E-state index contributed by atoms with van der Waals surface area (Å²) >= 11 is 3.39. The quantitative estimate of drug-likeness (QED) is 0.798. The molecule has 2 rings (SSSR count). The Bertz CT molecular complexity index is 510. The molecule has 18 heavy (non-hydrogen) atoms. The molecule has 1 fully saturated rings. The van der Waals surface area contributed by atoms with Gasteiger partial charge in [0.15, 0.2) is 6.10 Å². The van der Waals surface area contributed by atoms with Crippen molar-refractivity contribution in [2.75, 3.05) is 19.7 Å². The van der Waals surface area contributed by atoms with Crippen LogP contribution in [-0.2, 0) is 4.74 Å². The fourth-order valence-corrected chi connectivity index (χ4v) is 2.30. The van der Waals surface area contributed by atoms with E-state index in [1.54, 1.807) is 4.90 Å². The summed E-state index contributed by atoms with van der Waals surface area (Å²) in [6.07, 6.45) is -0.522. The molecule has 1 aliphatic heterocycles. The van der Waals surface area contributed by atoms with Crippen LogP contribution in [0.15, 0.2) is 22.7 Å². The summed E-state index contributed by atoms with van der Waals surface area (Å²) in [5.41, 5.74) is 1.67. The number of nitriles is 1. The Morgan fingerprint density at radius 3 is 3.11 bits per heavy atom. The zero-order valence-electron chi connectivity index (χ0n) is 10.0. The first kappa shape index (κ1) is 13.1. The Kier molecular flexibility index (Phi) is 4.00. The van der Waals surface area contributed by atoms with Gasteiger partial charge in [-0.15, -0.1) is 0 Å². The zero-order valence-corrected chi connectivity index (χ0v) is 11.6. The van der Waals surface area contributed by atoms with Gasteiger partial charge in [-0.2, -0.15) is 5.26 Å². The van der Waals surface area contributed by atoms with Crippen LogP contribution in [-0.4, -0.2) is 36.6 Å². The van der Waals surface area contributed by atoms with Gasteiger partial charge >= 0.3 is 0 Å². The smallest absolute Gasteiger partial charge is 0.255 e. The molecule has 5 heteroatoms. The molecule has 94 valence electrons. The fraction of sp³-hybridized carbons (Fsp3) is 0.385. The molecule has 1 heterocycles. The maximum absolute atomic E-state index is 12.4. The standard InChI is InChI=1S/C13H13BrN2O2/c1-9-2-3-12(14)11(6-9)13(17)16-4-5-18-10(7-15)8-16/h2-3,6,10H,4-5,8H2,1H3. The Morgan fingerprint density at radius 2 is 2.39 bits per heavy atom. The molecule has 1 aromatic carbocycles. The molecule has 1 aromatic rings. The van der Waals surface area contributed by atoms with Crippen LogP contribution >= 0.6 is 15.9 Å². The van der Waals surface area contributed by atoms with Crippen molar-refractivity contribution >= 4 is 21.8 Å². The first-order valence-corrected chi connectivity index (χ1v) is 6.48. The molecule has 0 radical (unpaired) electrons. The van der Waals surface area contributed by atoms with Crippen LogP contribution in [0, 0.1) is 18.3 Å². The number of nitrogens with zero attached hydrogens (tertiary/aromatic N) is 2. The van der Waals surface area contributed by atoms with Crippen molar-refractivity contribution in [1.82, 2.24) is 4.90 Å². The largest absolute Gasteiger partial charge is 0.360 e. The number of aryl methyl sites for hydroxylation is 1. The van der Waals surface area contributed by atoms with Crippen molar-refractivity contribution in [3.63, 3.8) is 0 Å². The van der Waals surface area contributed by atoms with Crippen molar-refractivity contribution in [3.8, 4) is 6.07 Å². The molecule has 0 saturated carbocycles. The Labute approximate surface area is 114 Å². The van der Waals surface area contributed by atoms with Gasteiger partial charge in [0.2, 0.25) is 0 Å². The molecular formula is C13H13BrN2O2. The van der Waals surface area contributed by atoms with Gasteiger partial charge in [0.25, 0.3) is 5.91 Å². The van der Waals surface area contributed by atoms with E-state index in [9.17, 15) is 4.79 Å². The van der Waals surface area contributed by atoms with E-state index in [1.807, 2.05) is 31.2 Å². The van der Waals surface area contributed by atoms with Crippen molar-refractivity contribution in [3.05, 3.63) is 33.8 Å². The van der Waals surface area contributed by atoms with Crippen molar-refractivity contribution in [1.29, 1.82) is 5.26 Å². The lowest BCUT2D eigenvalue weighted by Crippen LogP contribution is -2.45. The molecule has 1 unspecified atom stereocenters. The third-order valence-corrected chi connectivity index (χ3v) is 3.54. The Morgan fingerprint density at radius 1 is 1.61 bits per heavy atom. The van der Waals surface area contributed by atoms with Crippen LogP contribution in [0.25, 0.3) is 0 Å². The number of rotatable bonds is 1. The lowest BCUT2D eigenvalue weighted by molar-refractivity contribution is 0.00342. The molecule has 1 atom stereocenters. The van der Waals surface area contributed by atoms with Crippen molar-refractivity contribution < 1.29 is 9.53 Å². The van der Waals surface area contributed by atoms with Crippen LogP contribution in [0.5, 0.6) is 0 Å². The molecule has 0 aliphatic carbocycles. The highest BCUT2D eigenvalue weighted by molar-refractivity contribution is 9.10. The summed E-state index contributed by atoms with van der Waals surface area (Å²) in [4.78, 5) is 14.0. The third kappa shape index (κ3) is 2.71. The van der Waals surface area contributed by atoms with Crippen LogP contribution in [0.3, 0.4) is 0 Å². The average Bonchev–Trinajstić information content (AvgIpc) is 2.41. The maximum atomic E-state index is 12.4. The molecule has 0 spiro atoms. The number of carbonyl (C=O) groups is 1. The van der Waals surface area contributed by atoms with Gasteiger partial charge in [-0.05, 0) is 35.0 Å². The second-order valence-electron chi connectivity index (χ2n) is 4.22. The zero-order chi connectivity index (χ0) is 13.1. The van der Waals surface area contributed by atoms with Gasteiger partial charge in [-0.1, -0.05) is 11.6 Å². The summed E-state index contributed by atoms with van der Waals surface area (Å²) in [6, 6.07) is 7.70. The molecule has 1 aliphatic rings. The van der Waals surface area contributed by atoms with Gasteiger partial charge in [0.1, 0.15) is 0 Å². The summed E-state index contributed by atoms with van der Waals surface area (Å²) < 4.78 is 6.01. The van der Waals surface area contributed by atoms with Gasteiger partial charge in [0, 0.05) is 11.0 Å². The number of carbonyl (C=O) groups excluding carboxylic acids is 1. The van der Waals surface area contributed by atoms with E-state index in [2.05, 4.69) is 15.9 Å². The van der Waals surface area contributed by atoms with Crippen LogP contribution in [0.4, 0.5) is 0 Å². The summed E-state index contributed by atoms with van der Waals surface area (Å²) in [6.45, 7) is 3.21. The summed E-state index contributed by atoms with van der Waals surface area (Å²) in [5.74, 6) is -0.0610. The summed E-state index contributed by atoms with van der Waals surface area (Å²) in [5, 5.41) is 8.84. The average molecular weight is 309 g/mol. The highest BCUT2D eigenvalue weighted by atomic mass is 79.9. The minimum absolute atomic E-state index is 0.0610. The molecular weight excluding hydrogens is 296 g/mol. The Hall–Kier alpha value is -1.38. The van der Waals surface area contributed by atoms with E-state index in [1.165, 1.54) is 0 Å². The number of ether oxygens (including phenoxy) is 1. The Balaban J connectivity index is 2.21. The van der Waals surface area contributed by atoms with E-state index >= 15 is 0 Å². The second-order valence-corrected chi connectivity index (χ2v) is 5.08. The number of halogens is 1. The van der Waals surface area contributed by atoms with Crippen molar-refractivity contribution in [2.24, 2.45) is 0 Å². The number of amides is 1. The lowest BCUT2D eigenvalue weighted by atomic mass is 10.1. The first-order chi connectivity index (χ1) is 8.61. The van der Waals surface area contributed by atoms with E-state index in [0.717, 1.165) is 10.0 Å². The predicted octanol–water partition coefficient (Wildman–Crippen LogP) is 2.12. The fourth-order valence-electron chi connectivity index (χ4n) is 1.89. The highest BCUT2D eigenvalue weighted by Crippen LogP contribution is 2.21. The highest BCUT2D eigenvalue weighted by Gasteiger charge is 2.25. The molecule has 0 aromatic heterocycles. The minimum Gasteiger partial charge on any atom is -0.360 e. The number of hydrogen-bond donors (Lipinski definition) is 0. The normalized spacial score (nSPS) is 19.4. The third-order valence-electron chi connectivity index (χ3n) is 2.85. The van der Waals surface area contributed by atoms with Crippen LogP contribution in [0.1, 0.15) is 15.9 Å². The van der Waals surface area contributed by atoms with Crippen LogP contribution < -0.4 is 0 Å². The molecule has 4 nitrogen and oxygen atoms in total. The molecule has 0 N–H and O–H groups in total. The van der Waals surface area contributed by atoms with Gasteiger partial charge in [-0.25, -0.2) is 0 Å². The second kappa shape index (κ2) is 5.51.